The summed E-state index contributed by atoms with van der Waals surface area (Å²) in [4.78, 5) is 2.23. The first-order valence-electron chi connectivity index (χ1n) is 6.54. The number of aromatic nitrogens is 3. The molecule has 1 aromatic rings. The van der Waals surface area contributed by atoms with Crippen LogP contribution in [0.1, 0.15) is 52.0 Å². The molecule has 0 saturated heterocycles. The highest BCUT2D eigenvalue weighted by molar-refractivity contribution is 7.71. The monoisotopic (exact) mass is 254 g/mol. The summed E-state index contributed by atoms with van der Waals surface area (Å²) in [6.07, 6.45) is 6.19. The molecule has 2 rings (SSSR count). The second-order valence-electron chi connectivity index (χ2n) is 5.01. The average molecular weight is 254 g/mol. The van der Waals surface area contributed by atoms with Gasteiger partial charge in [-0.2, -0.15) is 0 Å². The van der Waals surface area contributed by atoms with Gasteiger partial charge in [-0.05, 0) is 38.4 Å². The van der Waals surface area contributed by atoms with Crippen LogP contribution >= 0.6 is 12.2 Å². The number of hydrogen-bond donors (Lipinski definition) is 1. The summed E-state index contributed by atoms with van der Waals surface area (Å²) >= 11 is 5.37. The Morgan fingerprint density at radius 1 is 1.53 bits per heavy atom. The molecule has 1 heterocycles. The zero-order valence-corrected chi connectivity index (χ0v) is 11.8. The van der Waals surface area contributed by atoms with Gasteiger partial charge < -0.3 is 4.90 Å². The van der Waals surface area contributed by atoms with Crippen molar-refractivity contribution in [2.24, 2.45) is 0 Å². The molecular weight excluding hydrogens is 232 g/mol. The smallest absolute Gasteiger partial charge is 0.225 e. The van der Waals surface area contributed by atoms with Gasteiger partial charge >= 0.3 is 0 Å². The highest BCUT2D eigenvalue weighted by Gasteiger charge is 2.23. The van der Waals surface area contributed by atoms with Crippen molar-refractivity contribution in [3.63, 3.8) is 0 Å². The Morgan fingerprint density at radius 3 is 2.76 bits per heavy atom. The van der Waals surface area contributed by atoms with E-state index in [1.165, 1.54) is 25.7 Å². The second-order valence-corrected chi connectivity index (χ2v) is 5.39. The van der Waals surface area contributed by atoms with Gasteiger partial charge in [-0.15, -0.1) is 5.10 Å². The SMILES string of the molecule is CCC(C)N(C)c1n[nH]c(=S)n1C1CCCC1. The van der Waals surface area contributed by atoms with Crippen molar-refractivity contribution in [2.75, 3.05) is 11.9 Å². The predicted octanol–water partition coefficient (Wildman–Crippen LogP) is 3.29. The molecule has 96 valence electrons. The van der Waals surface area contributed by atoms with Crippen LogP contribution in [0.5, 0.6) is 0 Å². The Balaban J connectivity index is 2.31. The molecule has 0 aliphatic heterocycles. The fourth-order valence-electron chi connectivity index (χ4n) is 2.51. The molecule has 1 atom stereocenters. The molecule has 1 aromatic heterocycles. The summed E-state index contributed by atoms with van der Waals surface area (Å²) in [6, 6.07) is 1.03. The molecular formula is C12H22N4S. The molecule has 17 heavy (non-hydrogen) atoms. The van der Waals surface area contributed by atoms with Crippen LogP contribution in [0.25, 0.3) is 0 Å². The van der Waals surface area contributed by atoms with E-state index in [1.807, 2.05) is 0 Å². The van der Waals surface area contributed by atoms with E-state index in [2.05, 4.69) is 40.6 Å². The molecule has 1 unspecified atom stereocenters. The normalized spacial score (nSPS) is 18.5. The summed E-state index contributed by atoms with van der Waals surface area (Å²) in [6.45, 7) is 4.42. The van der Waals surface area contributed by atoms with Crippen molar-refractivity contribution in [3.8, 4) is 0 Å². The van der Waals surface area contributed by atoms with Crippen LogP contribution in [0, 0.1) is 4.77 Å². The fourth-order valence-corrected chi connectivity index (χ4v) is 2.78. The lowest BCUT2D eigenvalue weighted by Gasteiger charge is -2.26. The lowest BCUT2D eigenvalue weighted by atomic mass is 10.2. The van der Waals surface area contributed by atoms with Crippen LogP contribution in [-0.4, -0.2) is 27.9 Å². The third-order valence-electron chi connectivity index (χ3n) is 3.94. The van der Waals surface area contributed by atoms with Crippen LogP contribution < -0.4 is 4.90 Å². The summed E-state index contributed by atoms with van der Waals surface area (Å²) in [5.41, 5.74) is 0. The molecule has 1 aliphatic rings. The van der Waals surface area contributed by atoms with Crippen LogP contribution in [0.3, 0.4) is 0 Å². The van der Waals surface area contributed by atoms with E-state index >= 15 is 0 Å². The van der Waals surface area contributed by atoms with Crippen LogP contribution in [0.15, 0.2) is 0 Å². The van der Waals surface area contributed by atoms with E-state index in [1.54, 1.807) is 0 Å². The Labute approximate surface area is 108 Å². The molecule has 4 nitrogen and oxygen atoms in total. The summed E-state index contributed by atoms with van der Waals surface area (Å²) in [7, 11) is 2.10. The van der Waals surface area contributed by atoms with Gasteiger partial charge in [0.2, 0.25) is 5.95 Å². The molecule has 5 heteroatoms. The minimum Gasteiger partial charge on any atom is -0.341 e. The third-order valence-corrected chi connectivity index (χ3v) is 4.23. The van der Waals surface area contributed by atoms with Gasteiger partial charge in [0, 0.05) is 19.1 Å². The molecule has 1 saturated carbocycles. The zero-order chi connectivity index (χ0) is 12.4. The zero-order valence-electron chi connectivity index (χ0n) is 10.9. The summed E-state index contributed by atoms with van der Waals surface area (Å²) in [5.74, 6) is 0.997. The number of rotatable bonds is 4. The highest BCUT2D eigenvalue weighted by atomic mass is 32.1. The van der Waals surface area contributed by atoms with Crippen molar-refractivity contribution < 1.29 is 0 Å². The minimum absolute atomic E-state index is 0.486. The minimum atomic E-state index is 0.486. The van der Waals surface area contributed by atoms with Crippen molar-refractivity contribution in [3.05, 3.63) is 4.77 Å². The Morgan fingerprint density at radius 2 is 2.18 bits per heavy atom. The Hall–Kier alpha value is -0.840. The second kappa shape index (κ2) is 5.21. The first kappa shape index (κ1) is 12.6. The van der Waals surface area contributed by atoms with Crippen molar-refractivity contribution in [2.45, 2.75) is 58.0 Å². The molecule has 1 fully saturated rings. The molecule has 0 amide bonds. The van der Waals surface area contributed by atoms with Crippen molar-refractivity contribution in [1.29, 1.82) is 0 Å². The molecule has 1 N–H and O–H groups in total. The molecule has 0 radical (unpaired) electrons. The van der Waals surface area contributed by atoms with Crippen LogP contribution in [0.4, 0.5) is 5.95 Å². The van der Waals surface area contributed by atoms with E-state index in [0.29, 0.717) is 12.1 Å². The molecule has 1 aliphatic carbocycles. The van der Waals surface area contributed by atoms with Gasteiger partial charge in [0.05, 0.1) is 0 Å². The molecule has 0 bridgehead atoms. The van der Waals surface area contributed by atoms with Crippen molar-refractivity contribution in [1.82, 2.24) is 14.8 Å². The van der Waals surface area contributed by atoms with Gasteiger partial charge in [-0.3, -0.25) is 4.57 Å². The first-order chi connectivity index (χ1) is 8.15. The van der Waals surface area contributed by atoms with Gasteiger partial charge in [0.1, 0.15) is 0 Å². The van der Waals surface area contributed by atoms with Gasteiger partial charge in [0.15, 0.2) is 4.77 Å². The Kier molecular flexibility index (Phi) is 3.86. The van der Waals surface area contributed by atoms with E-state index in [9.17, 15) is 0 Å². The standard InChI is InChI=1S/C12H22N4S/c1-4-9(2)15(3)11-13-14-12(17)16(11)10-7-5-6-8-10/h9-10H,4-8H2,1-3H3,(H,14,17). The maximum atomic E-state index is 5.37. The number of nitrogens with zero attached hydrogens (tertiary/aromatic N) is 3. The maximum Gasteiger partial charge on any atom is 0.225 e. The maximum absolute atomic E-state index is 5.37. The summed E-state index contributed by atoms with van der Waals surface area (Å²) < 4.78 is 2.98. The predicted molar refractivity (Wildman–Crippen MR) is 73.1 cm³/mol. The fraction of sp³-hybridized carbons (Fsp3) is 0.833. The van der Waals surface area contributed by atoms with E-state index in [0.717, 1.165) is 17.1 Å². The quantitative estimate of drug-likeness (QED) is 0.838. The largest absolute Gasteiger partial charge is 0.341 e. The number of aromatic amines is 1. The van der Waals surface area contributed by atoms with Crippen LogP contribution in [-0.2, 0) is 0 Å². The number of hydrogen-bond acceptors (Lipinski definition) is 3. The topological polar surface area (TPSA) is 36.9 Å². The number of anilines is 1. The van der Waals surface area contributed by atoms with E-state index in [-0.39, 0.29) is 0 Å². The van der Waals surface area contributed by atoms with Gasteiger partial charge in [0.25, 0.3) is 0 Å². The lowest BCUT2D eigenvalue weighted by Crippen LogP contribution is -2.31. The third kappa shape index (κ3) is 2.39. The highest BCUT2D eigenvalue weighted by Crippen LogP contribution is 2.32. The average Bonchev–Trinajstić information content (AvgIpc) is 2.95. The van der Waals surface area contributed by atoms with Crippen molar-refractivity contribution >= 4 is 18.2 Å². The van der Waals surface area contributed by atoms with Gasteiger partial charge in [-0.25, -0.2) is 5.10 Å². The van der Waals surface area contributed by atoms with E-state index < -0.39 is 0 Å². The Bertz CT molecular complexity index is 416. The molecule has 0 spiro atoms. The summed E-state index contributed by atoms with van der Waals surface area (Å²) in [5, 5.41) is 7.35. The molecule has 0 aromatic carbocycles. The number of nitrogens with one attached hydrogen (secondary N) is 1. The van der Waals surface area contributed by atoms with E-state index in [4.69, 9.17) is 12.2 Å². The van der Waals surface area contributed by atoms with Gasteiger partial charge in [-0.1, -0.05) is 19.8 Å². The first-order valence-corrected chi connectivity index (χ1v) is 6.95. The van der Waals surface area contributed by atoms with Crippen LogP contribution in [0.2, 0.25) is 0 Å². The number of H-pyrrole nitrogens is 1. The lowest BCUT2D eigenvalue weighted by molar-refractivity contribution is 0.500.